The first-order valence-electron chi connectivity index (χ1n) is 37.0. The third kappa shape index (κ3) is 70.8. The van der Waals surface area contributed by atoms with Crippen LogP contribution in [-0.2, 0) is 32.7 Å². The van der Waals surface area contributed by atoms with Crippen LogP contribution in [0.5, 0.6) is 0 Å². The number of phosphoric ester groups is 1. The Bertz CT molecular complexity index is 1630. The number of hydrogen-bond acceptors (Lipinski definition) is 8. The molecule has 0 spiro atoms. The van der Waals surface area contributed by atoms with Gasteiger partial charge in [0.15, 0.2) is 6.10 Å². The Morgan fingerprint density at radius 1 is 0.372 bits per heavy atom. The lowest BCUT2D eigenvalue weighted by atomic mass is 10.0. The zero-order chi connectivity index (χ0) is 62.6. The summed E-state index contributed by atoms with van der Waals surface area (Å²) in [5.41, 5.74) is 0. The summed E-state index contributed by atoms with van der Waals surface area (Å²) in [4.78, 5) is 38.1. The van der Waals surface area contributed by atoms with Crippen molar-refractivity contribution in [3.8, 4) is 0 Å². The summed E-state index contributed by atoms with van der Waals surface area (Å²) < 4.78 is 34.4. The number of quaternary nitrogens is 1. The Morgan fingerprint density at radius 3 is 1.00 bits per heavy atom. The van der Waals surface area contributed by atoms with E-state index in [4.69, 9.17) is 18.5 Å². The highest BCUT2D eigenvalue weighted by Gasteiger charge is 2.22. The van der Waals surface area contributed by atoms with E-state index in [2.05, 4.69) is 74.6 Å². The number of carbonyl (C=O) groups excluding carboxylic acids is 2. The molecule has 0 fully saturated rings. The van der Waals surface area contributed by atoms with Gasteiger partial charge in [-0.1, -0.05) is 331 Å². The van der Waals surface area contributed by atoms with Crippen LogP contribution in [0.1, 0.15) is 361 Å². The topological polar surface area (TPSA) is 111 Å². The van der Waals surface area contributed by atoms with Crippen molar-refractivity contribution in [2.45, 2.75) is 367 Å². The van der Waals surface area contributed by atoms with Gasteiger partial charge in [-0.2, -0.15) is 0 Å². The average molecular weight is 1230 g/mol. The molecule has 0 aliphatic rings. The van der Waals surface area contributed by atoms with Gasteiger partial charge in [-0.05, 0) is 77.0 Å². The smallest absolute Gasteiger partial charge is 0.306 e. The molecular weight excluding hydrogens is 1090 g/mol. The monoisotopic (exact) mass is 1230 g/mol. The Kier molecular flexibility index (Phi) is 65.3. The lowest BCUT2D eigenvalue weighted by Gasteiger charge is -2.28. The third-order valence-electron chi connectivity index (χ3n) is 16.5. The Balaban J connectivity index is 3.92. The molecule has 0 radical (unpaired) electrons. The van der Waals surface area contributed by atoms with E-state index in [0.29, 0.717) is 17.4 Å². The minimum absolute atomic E-state index is 0.0289. The number of carbonyl (C=O) groups is 2. The van der Waals surface area contributed by atoms with Gasteiger partial charge in [0, 0.05) is 12.8 Å². The summed E-state index contributed by atoms with van der Waals surface area (Å²) in [5.74, 6) is -0.815. The van der Waals surface area contributed by atoms with Crippen LogP contribution in [0.2, 0.25) is 0 Å². The fourth-order valence-electron chi connectivity index (χ4n) is 10.9. The second-order valence-corrected chi connectivity index (χ2v) is 27.7. The molecule has 0 aromatic heterocycles. The zero-order valence-corrected chi connectivity index (χ0v) is 58.4. The maximum Gasteiger partial charge on any atom is 0.306 e. The fourth-order valence-corrected chi connectivity index (χ4v) is 11.6. The van der Waals surface area contributed by atoms with Gasteiger partial charge in [-0.3, -0.25) is 14.2 Å². The molecule has 0 saturated heterocycles. The SMILES string of the molecule is CC/C=C\C/C=C\C/C=C\C/C=C\CCCCCCCCCCCCCCCCCCCCCCCCCCCCC(=O)OC(COC(=O)CCCCCCCCCCCCC/C=C\CCCCCCCCCC)COP(=O)([O-])OCC[N+](C)(C)C. The van der Waals surface area contributed by atoms with Crippen LogP contribution in [-0.4, -0.2) is 70.0 Å². The van der Waals surface area contributed by atoms with E-state index in [0.717, 1.165) is 57.8 Å². The molecule has 0 heterocycles. The number of allylic oxidation sites excluding steroid dienone is 10. The standard InChI is InChI=1S/C76H142NO8P/c1-6-8-10-12-14-16-18-20-22-24-26-28-30-31-32-33-34-35-36-37-38-39-40-41-42-43-44-45-47-49-51-53-55-57-59-61-63-65-67-69-76(79)85-74(73-84-86(80,81)83-71-70-77(3,4)5)72-82-75(78)68-66-64-62-60-58-56-54-52-50-48-46-29-27-25-23-21-19-17-15-13-11-9-7-2/h8,10,14,16,20,22,25-28,74H,6-7,9,11-13,15,17-19,21,23-24,29-73H2,1-5H3/b10-8-,16-14-,22-20-,27-25-,28-26-. The lowest BCUT2D eigenvalue weighted by Crippen LogP contribution is -2.37. The van der Waals surface area contributed by atoms with Crippen molar-refractivity contribution in [2.24, 2.45) is 0 Å². The van der Waals surface area contributed by atoms with E-state index in [1.165, 1.54) is 270 Å². The zero-order valence-electron chi connectivity index (χ0n) is 57.5. The second kappa shape index (κ2) is 67.1. The lowest BCUT2D eigenvalue weighted by molar-refractivity contribution is -0.870. The Morgan fingerprint density at radius 2 is 0.663 bits per heavy atom. The van der Waals surface area contributed by atoms with Gasteiger partial charge in [-0.15, -0.1) is 0 Å². The quantitative estimate of drug-likeness (QED) is 0.0195. The molecule has 0 amide bonds. The number of ether oxygens (including phenoxy) is 2. The molecule has 9 nitrogen and oxygen atoms in total. The van der Waals surface area contributed by atoms with Gasteiger partial charge in [0.1, 0.15) is 19.8 Å². The number of hydrogen-bond donors (Lipinski definition) is 0. The van der Waals surface area contributed by atoms with Crippen LogP contribution in [0.25, 0.3) is 0 Å². The molecule has 0 saturated carbocycles. The summed E-state index contributed by atoms with van der Waals surface area (Å²) in [6.45, 7) is 4.19. The molecule has 504 valence electrons. The molecule has 2 unspecified atom stereocenters. The van der Waals surface area contributed by atoms with E-state index in [1.54, 1.807) is 0 Å². The summed E-state index contributed by atoms with van der Waals surface area (Å²) >= 11 is 0. The predicted molar refractivity (Wildman–Crippen MR) is 370 cm³/mol. The minimum Gasteiger partial charge on any atom is -0.756 e. The van der Waals surface area contributed by atoms with Crippen LogP contribution in [0, 0.1) is 0 Å². The number of unbranched alkanes of at least 4 members (excludes halogenated alkanes) is 45. The predicted octanol–water partition coefficient (Wildman–Crippen LogP) is 23.5. The number of phosphoric acid groups is 1. The number of likely N-dealkylation sites (N-methyl/N-ethyl adjacent to an activating group) is 1. The van der Waals surface area contributed by atoms with Gasteiger partial charge >= 0.3 is 11.9 Å². The van der Waals surface area contributed by atoms with E-state index in [9.17, 15) is 19.0 Å². The highest BCUT2D eigenvalue weighted by atomic mass is 31.2. The summed E-state index contributed by atoms with van der Waals surface area (Å²) in [6.07, 6.45) is 89.0. The van der Waals surface area contributed by atoms with Crippen LogP contribution in [0.4, 0.5) is 0 Å². The van der Waals surface area contributed by atoms with Crippen molar-refractivity contribution in [2.75, 3.05) is 47.5 Å². The third-order valence-corrected chi connectivity index (χ3v) is 17.5. The van der Waals surface area contributed by atoms with Crippen LogP contribution in [0.15, 0.2) is 60.8 Å². The maximum atomic E-state index is 12.9. The van der Waals surface area contributed by atoms with Crippen molar-refractivity contribution in [1.29, 1.82) is 0 Å². The maximum absolute atomic E-state index is 12.9. The summed E-state index contributed by atoms with van der Waals surface area (Å²) in [5, 5.41) is 0. The van der Waals surface area contributed by atoms with Crippen LogP contribution in [0.3, 0.4) is 0 Å². The molecular formula is C76H142NO8P. The van der Waals surface area contributed by atoms with Crippen LogP contribution >= 0.6 is 7.82 Å². The Hall–Kier alpha value is -2.29. The van der Waals surface area contributed by atoms with E-state index < -0.39 is 26.5 Å². The summed E-state index contributed by atoms with van der Waals surface area (Å²) in [7, 11) is 1.18. The summed E-state index contributed by atoms with van der Waals surface area (Å²) in [6, 6.07) is 0. The molecule has 10 heteroatoms. The number of rotatable bonds is 69. The van der Waals surface area contributed by atoms with Crippen molar-refractivity contribution >= 4 is 19.8 Å². The van der Waals surface area contributed by atoms with Gasteiger partial charge in [0.05, 0.1) is 27.7 Å². The van der Waals surface area contributed by atoms with Gasteiger partial charge in [-0.25, -0.2) is 0 Å². The van der Waals surface area contributed by atoms with E-state index in [1.807, 2.05) is 21.1 Å². The first-order chi connectivity index (χ1) is 42.0. The molecule has 0 bridgehead atoms. The fraction of sp³-hybridized carbons (Fsp3) is 0.842. The van der Waals surface area contributed by atoms with E-state index in [-0.39, 0.29) is 32.0 Å². The first-order valence-corrected chi connectivity index (χ1v) is 38.5. The van der Waals surface area contributed by atoms with Gasteiger partial charge in [0.2, 0.25) is 0 Å². The van der Waals surface area contributed by atoms with Gasteiger partial charge in [0.25, 0.3) is 7.82 Å². The largest absolute Gasteiger partial charge is 0.756 e. The molecule has 0 rings (SSSR count). The molecule has 86 heavy (non-hydrogen) atoms. The van der Waals surface area contributed by atoms with E-state index >= 15 is 0 Å². The molecule has 2 atom stereocenters. The molecule has 0 aromatic carbocycles. The molecule has 0 N–H and O–H groups in total. The number of esters is 2. The highest BCUT2D eigenvalue weighted by Crippen LogP contribution is 2.38. The molecule has 0 aromatic rings. The van der Waals surface area contributed by atoms with Gasteiger partial charge < -0.3 is 27.9 Å². The van der Waals surface area contributed by atoms with Crippen molar-refractivity contribution < 1.29 is 42.1 Å². The minimum atomic E-state index is -4.64. The second-order valence-electron chi connectivity index (χ2n) is 26.3. The van der Waals surface area contributed by atoms with Crippen molar-refractivity contribution in [1.82, 2.24) is 0 Å². The number of nitrogens with zero attached hydrogens (tertiary/aromatic N) is 1. The average Bonchev–Trinajstić information content (AvgIpc) is 3.56. The van der Waals surface area contributed by atoms with Crippen LogP contribution < -0.4 is 4.89 Å². The van der Waals surface area contributed by atoms with Crippen molar-refractivity contribution in [3.63, 3.8) is 0 Å². The van der Waals surface area contributed by atoms with Crippen molar-refractivity contribution in [3.05, 3.63) is 60.8 Å². The normalized spacial score (nSPS) is 13.4. The first kappa shape index (κ1) is 83.7. The Labute approximate surface area is 534 Å². The molecule has 0 aliphatic heterocycles. The molecule has 0 aliphatic carbocycles. The highest BCUT2D eigenvalue weighted by molar-refractivity contribution is 7.45.